The molecule has 5 heteroatoms. The summed E-state index contributed by atoms with van der Waals surface area (Å²) in [7, 11) is 0. The first kappa shape index (κ1) is 13.4. The van der Waals surface area contributed by atoms with Crippen LogP contribution in [0.15, 0.2) is 42.6 Å². The Balaban J connectivity index is 1.95. The first-order chi connectivity index (χ1) is 9.16. The van der Waals surface area contributed by atoms with Crippen molar-refractivity contribution in [2.24, 2.45) is 5.73 Å². The number of ether oxygens (including phenoxy) is 1. The maximum Gasteiger partial charge on any atom is 0.165 e. The van der Waals surface area contributed by atoms with Gasteiger partial charge in [-0.15, -0.1) is 0 Å². The van der Waals surface area contributed by atoms with Crippen molar-refractivity contribution in [1.29, 1.82) is 0 Å². The van der Waals surface area contributed by atoms with Gasteiger partial charge in [0, 0.05) is 23.9 Å². The zero-order valence-corrected chi connectivity index (χ0v) is 11.0. The van der Waals surface area contributed by atoms with Crippen LogP contribution < -0.4 is 10.5 Å². The van der Waals surface area contributed by atoms with Gasteiger partial charge in [-0.25, -0.2) is 4.39 Å². The largest absolute Gasteiger partial charge is 0.490 e. The third kappa shape index (κ3) is 3.72. The van der Waals surface area contributed by atoms with Crippen molar-refractivity contribution in [3.63, 3.8) is 0 Å². The van der Waals surface area contributed by atoms with Crippen molar-refractivity contribution in [1.82, 2.24) is 4.98 Å². The molecule has 2 rings (SSSR count). The number of hydrogen-bond acceptors (Lipinski definition) is 3. The molecule has 0 aliphatic carbocycles. The molecule has 0 aliphatic rings. The minimum Gasteiger partial charge on any atom is -0.490 e. The van der Waals surface area contributed by atoms with E-state index in [2.05, 4.69) is 4.98 Å². The highest BCUT2D eigenvalue weighted by molar-refractivity contribution is 7.80. The normalized spacial score (nSPS) is 10.2. The average Bonchev–Trinajstić information content (AvgIpc) is 2.41. The minimum absolute atomic E-state index is 0.166. The van der Waals surface area contributed by atoms with Crippen LogP contribution in [0.2, 0.25) is 0 Å². The molecule has 0 saturated heterocycles. The highest BCUT2D eigenvalue weighted by atomic mass is 32.1. The van der Waals surface area contributed by atoms with Gasteiger partial charge in [-0.2, -0.15) is 0 Å². The van der Waals surface area contributed by atoms with Crippen LogP contribution in [0, 0.1) is 5.82 Å². The lowest BCUT2D eigenvalue weighted by Crippen LogP contribution is -2.10. The maximum absolute atomic E-state index is 13.7. The Labute approximate surface area is 116 Å². The van der Waals surface area contributed by atoms with Crippen molar-refractivity contribution in [3.05, 3.63) is 59.7 Å². The molecule has 1 heterocycles. The molecular weight excluding hydrogens is 263 g/mol. The van der Waals surface area contributed by atoms with Crippen LogP contribution >= 0.6 is 12.2 Å². The molecule has 0 unspecified atom stereocenters. The van der Waals surface area contributed by atoms with Crippen LogP contribution in [0.1, 0.15) is 11.3 Å². The van der Waals surface area contributed by atoms with Crippen molar-refractivity contribution in [2.75, 3.05) is 6.61 Å². The van der Waals surface area contributed by atoms with Crippen molar-refractivity contribution in [2.45, 2.75) is 6.42 Å². The smallest absolute Gasteiger partial charge is 0.165 e. The minimum atomic E-state index is -0.466. The third-order valence-electron chi connectivity index (χ3n) is 2.56. The monoisotopic (exact) mass is 276 g/mol. The lowest BCUT2D eigenvalue weighted by atomic mass is 10.2. The summed E-state index contributed by atoms with van der Waals surface area (Å²) < 4.78 is 19.1. The summed E-state index contributed by atoms with van der Waals surface area (Å²) in [5.41, 5.74) is 6.82. The molecule has 0 aliphatic heterocycles. The van der Waals surface area contributed by atoms with Gasteiger partial charge in [0.1, 0.15) is 4.99 Å². The van der Waals surface area contributed by atoms with Crippen molar-refractivity contribution < 1.29 is 9.13 Å². The number of nitrogens with two attached hydrogens (primary N) is 1. The third-order valence-corrected chi connectivity index (χ3v) is 2.79. The molecule has 3 nitrogen and oxygen atoms in total. The van der Waals surface area contributed by atoms with Gasteiger partial charge < -0.3 is 10.5 Å². The SMILES string of the molecule is NC(=S)c1ccc(OCCc2ccccn2)c(F)c1. The number of hydrogen-bond donors (Lipinski definition) is 1. The van der Waals surface area contributed by atoms with Crippen molar-refractivity contribution in [3.8, 4) is 5.75 Å². The summed E-state index contributed by atoms with van der Waals surface area (Å²) in [5, 5.41) is 0. The van der Waals surface area contributed by atoms with Gasteiger partial charge in [-0.3, -0.25) is 4.98 Å². The van der Waals surface area contributed by atoms with Crippen LogP contribution in [0.5, 0.6) is 5.75 Å². The summed E-state index contributed by atoms with van der Waals surface area (Å²) in [4.78, 5) is 4.33. The number of halogens is 1. The standard InChI is InChI=1S/C14H13FN2OS/c15-12-9-10(14(16)19)4-5-13(12)18-8-6-11-3-1-2-7-17-11/h1-5,7,9H,6,8H2,(H2,16,19). The molecule has 0 saturated carbocycles. The number of thiocarbonyl (C=S) groups is 1. The number of rotatable bonds is 5. The molecular formula is C14H13FN2OS. The highest BCUT2D eigenvalue weighted by Gasteiger charge is 2.06. The van der Waals surface area contributed by atoms with Gasteiger partial charge in [0.2, 0.25) is 0 Å². The molecule has 0 atom stereocenters. The van der Waals surface area contributed by atoms with E-state index in [1.807, 2.05) is 18.2 Å². The topological polar surface area (TPSA) is 48.1 Å². The van der Waals surface area contributed by atoms with Crippen LogP contribution in [0.4, 0.5) is 4.39 Å². The second kappa shape index (κ2) is 6.24. The Morgan fingerprint density at radius 2 is 2.16 bits per heavy atom. The zero-order valence-electron chi connectivity index (χ0n) is 10.2. The van der Waals surface area contributed by atoms with E-state index in [4.69, 9.17) is 22.7 Å². The molecule has 0 spiro atoms. The Bertz CT molecular complexity index is 575. The molecule has 0 bridgehead atoms. The maximum atomic E-state index is 13.7. The van der Waals surface area contributed by atoms with E-state index >= 15 is 0 Å². The van der Waals surface area contributed by atoms with Crippen molar-refractivity contribution >= 4 is 17.2 Å². The average molecular weight is 276 g/mol. The first-order valence-corrected chi connectivity index (χ1v) is 6.19. The zero-order chi connectivity index (χ0) is 13.7. The fraction of sp³-hybridized carbons (Fsp3) is 0.143. The molecule has 1 aromatic carbocycles. The Morgan fingerprint density at radius 1 is 1.32 bits per heavy atom. The second-order valence-electron chi connectivity index (χ2n) is 3.93. The summed E-state index contributed by atoms with van der Waals surface area (Å²) >= 11 is 4.78. The van der Waals surface area contributed by atoms with E-state index in [1.165, 1.54) is 12.1 Å². The Kier molecular flexibility index (Phi) is 4.41. The van der Waals surface area contributed by atoms with E-state index in [0.29, 0.717) is 18.6 Å². The molecule has 0 fully saturated rings. The van der Waals surface area contributed by atoms with Crippen LogP contribution in [0.3, 0.4) is 0 Å². The Morgan fingerprint density at radius 3 is 2.79 bits per heavy atom. The number of aromatic nitrogens is 1. The van der Waals surface area contributed by atoms with Gasteiger partial charge in [-0.1, -0.05) is 18.3 Å². The lowest BCUT2D eigenvalue weighted by Gasteiger charge is -2.08. The fourth-order valence-electron chi connectivity index (χ4n) is 1.58. The fourth-order valence-corrected chi connectivity index (χ4v) is 1.71. The van der Waals surface area contributed by atoms with E-state index in [1.54, 1.807) is 12.3 Å². The molecule has 0 amide bonds. The molecule has 1 aromatic heterocycles. The summed E-state index contributed by atoms with van der Waals surface area (Å²) in [6.07, 6.45) is 2.34. The van der Waals surface area contributed by atoms with Gasteiger partial charge in [0.15, 0.2) is 11.6 Å². The Hall–Kier alpha value is -2.01. The first-order valence-electron chi connectivity index (χ1n) is 5.79. The predicted molar refractivity (Wildman–Crippen MR) is 75.7 cm³/mol. The van der Waals surface area contributed by atoms with E-state index in [9.17, 15) is 4.39 Å². The second-order valence-corrected chi connectivity index (χ2v) is 4.37. The van der Waals surface area contributed by atoms with Gasteiger partial charge in [-0.05, 0) is 30.3 Å². The van der Waals surface area contributed by atoms with Crippen LogP contribution in [-0.4, -0.2) is 16.6 Å². The van der Waals surface area contributed by atoms with E-state index in [-0.39, 0.29) is 10.7 Å². The summed E-state index contributed by atoms with van der Waals surface area (Å²) in [6.45, 7) is 0.361. The van der Waals surface area contributed by atoms with Gasteiger partial charge >= 0.3 is 0 Å². The predicted octanol–water partition coefficient (Wildman–Crippen LogP) is 2.48. The van der Waals surface area contributed by atoms with Crippen LogP contribution in [0.25, 0.3) is 0 Å². The number of benzene rings is 1. The molecule has 98 valence electrons. The lowest BCUT2D eigenvalue weighted by molar-refractivity contribution is 0.304. The summed E-state index contributed by atoms with van der Waals surface area (Å²) in [5.74, 6) is -0.276. The van der Waals surface area contributed by atoms with E-state index < -0.39 is 5.82 Å². The summed E-state index contributed by atoms with van der Waals surface area (Å²) in [6, 6.07) is 10.1. The van der Waals surface area contributed by atoms with Crippen LogP contribution in [-0.2, 0) is 6.42 Å². The molecule has 19 heavy (non-hydrogen) atoms. The molecule has 0 radical (unpaired) electrons. The highest BCUT2D eigenvalue weighted by Crippen LogP contribution is 2.18. The van der Waals surface area contributed by atoms with Gasteiger partial charge in [0.05, 0.1) is 6.61 Å². The quantitative estimate of drug-likeness (QED) is 0.852. The molecule has 2 N–H and O–H groups in total. The number of nitrogens with zero attached hydrogens (tertiary/aromatic N) is 1. The van der Waals surface area contributed by atoms with Gasteiger partial charge in [0.25, 0.3) is 0 Å². The molecule has 2 aromatic rings. The van der Waals surface area contributed by atoms with E-state index in [0.717, 1.165) is 5.69 Å². The number of pyridine rings is 1.